The van der Waals surface area contributed by atoms with Crippen molar-refractivity contribution in [1.82, 2.24) is 4.90 Å². The second-order valence-corrected chi connectivity index (χ2v) is 4.96. The highest BCUT2D eigenvalue weighted by molar-refractivity contribution is 5.52. The lowest BCUT2D eigenvalue weighted by Gasteiger charge is -2.29. The topological polar surface area (TPSA) is 15.3 Å². The van der Waals surface area contributed by atoms with E-state index in [0.29, 0.717) is 0 Å². The van der Waals surface area contributed by atoms with Crippen molar-refractivity contribution in [3.63, 3.8) is 0 Å². The fourth-order valence-corrected chi connectivity index (χ4v) is 2.39. The van der Waals surface area contributed by atoms with Crippen LogP contribution >= 0.6 is 0 Å². The van der Waals surface area contributed by atoms with E-state index in [4.69, 9.17) is 0 Å². The number of para-hydroxylation sites is 1. The monoisotopic (exact) mass is 238 g/mol. The molecule has 0 aliphatic carbocycles. The highest BCUT2D eigenvalue weighted by Gasteiger charge is 2.14. The van der Waals surface area contributed by atoms with E-state index in [1.807, 2.05) is 0 Å². The highest BCUT2D eigenvalue weighted by atomic mass is 15.2. The van der Waals surface area contributed by atoms with Crippen LogP contribution in [0.4, 0.5) is 5.69 Å². The summed E-state index contributed by atoms with van der Waals surface area (Å²) in [6, 6.07) is 17.3. The second-order valence-electron chi connectivity index (χ2n) is 4.96. The lowest BCUT2D eigenvalue weighted by atomic mass is 10.1. The Kier molecular flexibility index (Phi) is 3.03. The number of hydrogen-bond donors (Lipinski definition) is 1. The van der Waals surface area contributed by atoms with Gasteiger partial charge in [-0.25, -0.2) is 0 Å². The summed E-state index contributed by atoms with van der Waals surface area (Å²) in [5.41, 5.74) is 5.36. The van der Waals surface area contributed by atoms with Crippen molar-refractivity contribution < 1.29 is 0 Å². The van der Waals surface area contributed by atoms with E-state index in [9.17, 15) is 0 Å². The summed E-state index contributed by atoms with van der Waals surface area (Å²) >= 11 is 0. The van der Waals surface area contributed by atoms with Crippen molar-refractivity contribution in [3.8, 4) is 0 Å². The fourth-order valence-electron chi connectivity index (χ4n) is 2.39. The molecule has 3 rings (SSSR count). The van der Waals surface area contributed by atoms with Crippen molar-refractivity contribution in [3.05, 3.63) is 65.2 Å². The van der Waals surface area contributed by atoms with E-state index >= 15 is 0 Å². The summed E-state index contributed by atoms with van der Waals surface area (Å²) in [4.78, 5) is 2.42. The van der Waals surface area contributed by atoms with Gasteiger partial charge in [-0.1, -0.05) is 48.0 Å². The fraction of sp³-hybridized carbons (Fsp3) is 0.250. The van der Waals surface area contributed by atoms with E-state index in [-0.39, 0.29) is 0 Å². The number of nitrogens with one attached hydrogen (secondary N) is 1. The molecular formula is C16H18N2. The van der Waals surface area contributed by atoms with Gasteiger partial charge in [0.25, 0.3) is 0 Å². The Hall–Kier alpha value is -1.80. The number of benzene rings is 2. The molecule has 2 nitrogen and oxygen atoms in total. The number of anilines is 1. The molecule has 18 heavy (non-hydrogen) atoms. The standard InChI is InChI=1S/C16H18N2/c1-13-6-8-14(9-7-13)10-18-11-15-4-2-3-5-16(15)17-12-18/h2-9,17H,10-12H2,1H3. The Bertz CT molecular complexity index is 531. The van der Waals surface area contributed by atoms with Crippen LogP contribution in [-0.4, -0.2) is 11.6 Å². The molecule has 0 saturated carbocycles. The van der Waals surface area contributed by atoms with E-state index in [1.165, 1.54) is 22.4 Å². The average molecular weight is 238 g/mol. The minimum atomic E-state index is 0.922. The Labute approximate surface area is 108 Å². The maximum absolute atomic E-state index is 3.47. The number of nitrogens with zero attached hydrogens (tertiary/aromatic N) is 1. The van der Waals surface area contributed by atoms with Gasteiger partial charge < -0.3 is 5.32 Å². The molecule has 0 radical (unpaired) electrons. The van der Waals surface area contributed by atoms with Gasteiger partial charge in [0.1, 0.15) is 0 Å². The van der Waals surface area contributed by atoms with Gasteiger partial charge in [-0.3, -0.25) is 4.90 Å². The maximum atomic E-state index is 3.47. The van der Waals surface area contributed by atoms with Crippen LogP contribution in [0.3, 0.4) is 0 Å². The predicted octanol–water partition coefficient (Wildman–Crippen LogP) is 3.38. The van der Waals surface area contributed by atoms with Crippen molar-refractivity contribution in [2.75, 3.05) is 12.0 Å². The Morgan fingerprint density at radius 2 is 1.83 bits per heavy atom. The predicted molar refractivity (Wildman–Crippen MR) is 75.4 cm³/mol. The van der Waals surface area contributed by atoms with Gasteiger partial charge in [0.05, 0.1) is 6.67 Å². The van der Waals surface area contributed by atoms with Gasteiger partial charge in [-0.15, -0.1) is 0 Å². The van der Waals surface area contributed by atoms with Crippen molar-refractivity contribution >= 4 is 5.69 Å². The van der Waals surface area contributed by atoms with Crippen molar-refractivity contribution in [2.45, 2.75) is 20.0 Å². The maximum Gasteiger partial charge on any atom is 0.0684 e. The number of hydrogen-bond acceptors (Lipinski definition) is 2. The third-order valence-electron chi connectivity index (χ3n) is 3.43. The zero-order valence-electron chi connectivity index (χ0n) is 10.7. The molecule has 1 aliphatic heterocycles. The number of rotatable bonds is 2. The molecule has 1 N–H and O–H groups in total. The minimum absolute atomic E-state index is 0.922. The van der Waals surface area contributed by atoms with Gasteiger partial charge >= 0.3 is 0 Å². The molecule has 2 aromatic rings. The first kappa shape index (κ1) is 11.3. The summed E-state index contributed by atoms with van der Waals surface area (Å²) in [6.07, 6.45) is 0. The first-order valence-corrected chi connectivity index (χ1v) is 6.41. The third kappa shape index (κ3) is 2.39. The van der Waals surface area contributed by atoms with Crippen molar-refractivity contribution in [1.29, 1.82) is 0 Å². The lowest BCUT2D eigenvalue weighted by Crippen LogP contribution is -2.32. The first-order valence-electron chi connectivity index (χ1n) is 6.41. The van der Waals surface area contributed by atoms with Gasteiger partial charge in [0.15, 0.2) is 0 Å². The summed E-state index contributed by atoms with van der Waals surface area (Å²) in [5.74, 6) is 0. The van der Waals surface area contributed by atoms with Crippen LogP contribution in [0.5, 0.6) is 0 Å². The molecule has 0 bridgehead atoms. The molecule has 0 aromatic heterocycles. The highest BCUT2D eigenvalue weighted by Crippen LogP contribution is 2.22. The van der Waals surface area contributed by atoms with E-state index in [2.05, 4.69) is 65.7 Å². The summed E-state index contributed by atoms with van der Waals surface area (Å²) < 4.78 is 0. The van der Waals surface area contributed by atoms with Crippen LogP contribution in [0, 0.1) is 6.92 Å². The molecule has 92 valence electrons. The second kappa shape index (κ2) is 4.83. The zero-order valence-corrected chi connectivity index (χ0v) is 10.7. The Balaban J connectivity index is 1.71. The molecule has 0 atom stereocenters. The molecule has 1 aliphatic rings. The Morgan fingerprint density at radius 3 is 2.67 bits per heavy atom. The van der Waals surface area contributed by atoms with Crippen LogP contribution in [0.2, 0.25) is 0 Å². The van der Waals surface area contributed by atoms with Crippen LogP contribution < -0.4 is 5.32 Å². The minimum Gasteiger partial charge on any atom is -0.372 e. The first-order chi connectivity index (χ1) is 8.81. The summed E-state index contributed by atoms with van der Waals surface area (Å²) in [5, 5.41) is 3.47. The lowest BCUT2D eigenvalue weighted by molar-refractivity contribution is 0.267. The molecule has 0 amide bonds. The molecule has 0 saturated heterocycles. The molecule has 0 spiro atoms. The molecule has 2 aromatic carbocycles. The van der Waals surface area contributed by atoms with Crippen LogP contribution in [0.15, 0.2) is 48.5 Å². The largest absolute Gasteiger partial charge is 0.372 e. The molecule has 2 heteroatoms. The van der Waals surface area contributed by atoms with Crippen LogP contribution in [0.25, 0.3) is 0 Å². The SMILES string of the molecule is Cc1ccc(CN2CNc3ccccc3C2)cc1. The molecule has 1 heterocycles. The smallest absolute Gasteiger partial charge is 0.0684 e. The third-order valence-corrected chi connectivity index (χ3v) is 3.43. The van der Waals surface area contributed by atoms with Crippen LogP contribution in [-0.2, 0) is 13.1 Å². The zero-order chi connectivity index (χ0) is 12.4. The van der Waals surface area contributed by atoms with E-state index in [1.54, 1.807) is 0 Å². The molecular weight excluding hydrogens is 220 g/mol. The molecule has 0 fully saturated rings. The summed E-state index contributed by atoms with van der Waals surface area (Å²) in [6.45, 7) is 5.08. The average Bonchev–Trinajstić information content (AvgIpc) is 2.41. The van der Waals surface area contributed by atoms with Crippen molar-refractivity contribution in [2.24, 2.45) is 0 Å². The van der Waals surface area contributed by atoms with Crippen LogP contribution in [0.1, 0.15) is 16.7 Å². The van der Waals surface area contributed by atoms with Gasteiger partial charge in [-0.2, -0.15) is 0 Å². The van der Waals surface area contributed by atoms with E-state index < -0.39 is 0 Å². The van der Waals surface area contributed by atoms with Gasteiger partial charge in [0.2, 0.25) is 0 Å². The quantitative estimate of drug-likeness (QED) is 0.863. The number of aryl methyl sites for hydroxylation is 1. The molecule has 0 unspecified atom stereocenters. The van der Waals surface area contributed by atoms with Gasteiger partial charge in [0, 0.05) is 18.8 Å². The summed E-state index contributed by atoms with van der Waals surface area (Å²) in [7, 11) is 0. The number of fused-ring (bicyclic) bond motifs is 1. The van der Waals surface area contributed by atoms with Gasteiger partial charge in [-0.05, 0) is 24.1 Å². The normalized spacial score (nSPS) is 14.9. The Morgan fingerprint density at radius 1 is 1.06 bits per heavy atom. The van der Waals surface area contributed by atoms with E-state index in [0.717, 1.165) is 19.8 Å².